The molecule has 0 saturated heterocycles. The molecule has 35 heavy (non-hydrogen) atoms. The van der Waals surface area contributed by atoms with Crippen LogP contribution in [0.1, 0.15) is 23.1 Å². The minimum atomic E-state index is -1.61. The van der Waals surface area contributed by atoms with E-state index in [1.807, 2.05) is 91.0 Å². The normalized spacial score (nSPS) is 22.4. The van der Waals surface area contributed by atoms with Crippen molar-refractivity contribution in [2.75, 3.05) is 0 Å². The summed E-state index contributed by atoms with van der Waals surface area (Å²) in [7, 11) is 0. The summed E-state index contributed by atoms with van der Waals surface area (Å²) in [5.41, 5.74) is 0.264. The van der Waals surface area contributed by atoms with E-state index in [0.717, 1.165) is 16.7 Å². The molecule has 3 unspecified atom stereocenters. The van der Waals surface area contributed by atoms with Crippen LogP contribution >= 0.6 is 0 Å². The second kappa shape index (κ2) is 10.8. The van der Waals surface area contributed by atoms with E-state index in [4.69, 9.17) is 0 Å². The number of hydrogen-bond donors (Lipinski definition) is 4. The van der Waals surface area contributed by atoms with Crippen LogP contribution in [0.5, 0.6) is 0 Å². The summed E-state index contributed by atoms with van der Waals surface area (Å²) in [6.45, 7) is 0.418. The Morgan fingerprint density at radius 2 is 1.23 bits per heavy atom. The van der Waals surface area contributed by atoms with Gasteiger partial charge in [0.1, 0.15) is 17.2 Å². The van der Waals surface area contributed by atoms with Gasteiger partial charge in [-0.3, -0.25) is 4.79 Å². The van der Waals surface area contributed by atoms with E-state index in [1.165, 1.54) is 0 Å². The number of carboxylic acid groups (broad SMARTS) is 1. The van der Waals surface area contributed by atoms with Crippen LogP contribution < -0.4 is 5.32 Å². The molecular formula is C30H31NO4. The first-order valence-electron chi connectivity index (χ1n) is 11.8. The summed E-state index contributed by atoms with van der Waals surface area (Å²) in [5.74, 6) is -0.966. The molecule has 180 valence electrons. The molecule has 0 fully saturated rings. The molecule has 3 atom stereocenters. The molecular weight excluding hydrogens is 438 g/mol. The highest BCUT2D eigenvalue weighted by atomic mass is 16.4. The predicted molar refractivity (Wildman–Crippen MR) is 137 cm³/mol. The maximum atomic E-state index is 12.0. The van der Waals surface area contributed by atoms with Gasteiger partial charge in [-0.2, -0.15) is 0 Å². The van der Waals surface area contributed by atoms with Gasteiger partial charge in [0.15, 0.2) is 0 Å². The topological polar surface area (TPSA) is 89.8 Å². The smallest absolute Gasteiger partial charge is 0.321 e. The Labute approximate surface area is 206 Å². The van der Waals surface area contributed by atoms with Crippen LogP contribution in [-0.4, -0.2) is 38.5 Å². The molecule has 4 rings (SSSR count). The van der Waals surface area contributed by atoms with Gasteiger partial charge in [0, 0.05) is 19.4 Å². The summed E-state index contributed by atoms with van der Waals surface area (Å²) >= 11 is 0. The number of aliphatic carboxylic acids is 1. The van der Waals surface area contributed by atoms with Gasteiger partial charge in [0.25, 0.3) is 0 Å². The lowest BCUT2D eigenvalue weighted by molar-refractivity contribution is -0.139. The van der Waals surface area contributed by atoms with Gasteiger partial charge in [-0.1, -0.05) is 97.1 Å². The lowest BCUT2D eigenvalue weighted by atomic mass is 9.70. The van der Waals surface area contributed by atoms with Gasteiger partial charge in [0.05, 0.1) is 0 Å². The first kappa shape index (κ1) is 24.6. The molecule has 3 aromatic rings. The standard InChI is InChI=1S/C30H31NO4/c32-28(33)27(31-22-25-14-8-3-9-15-25)18-26-16-17-29(34,19-23-10-4-1-5-11-23)30(35,21-26)20-24-12-6-2-7-13-24/h1-17,21,27,31,34-35H,18-20,22H2,(H,32,33). The van der Waals surface area contributed by atoms with Gasteiger partial charge >= 0.3 is 5.97 Å². The van der Waals surface area contributed by atoms with Crippen LogP contribution in [0.15, 0.2) is 115 Å². The van der Waals surface area contributed by atoms with Crippen LogP contribution in [0, 0.1) is 0 Å². The molecule has 5 nitrogen and oxygen atoms in total. The largest absolute Gasteiger partial charge is 0.480 e. The van der Waals surface area contributed by atoms with Crippen molar-refractivity contribution >= 4 is 5.97 Å². The van der Waals surface area contributed by atoms with Gasteiger partial charge < -0.3 is 20.6 Å². The highest BCUT2D eigenvalue weighted by Crippen LogP contribution is 2.38. The summed E-state index contributed by atoms with van der Waals surface area (Å²) < 4.78 is 0. The van der Waals surface area contributed by atoms with Crippen molar-refractivity contribution in [2.45, 2.75) is 43.1 Å². The Bertz CT molecular complexity index is 1180. The van der Waals surface area contributed by atoms with E-state index < -0.39 is 23.2 Å². The third-order valence-corrected chi connectivity index (χ3v) is 6.51. The molecule has 0 radical (unpaired) electrons. The predicted octanol–water partition coefficient (Wildman–Crippen LogP) is 4.06. The lowest BCUT2D eigenvalue weighted by Crippen LogP contribution is -2.56. The molecule has 0 aromatic heterocycles. The minimum Gasteiger partial charge on any atom is -0.480 e. The van der Waals surface area contributed by atoms with Crippen molar-refractivity contribution < 1.29 is 20.1 Å². The number of benzene rings is 3. The maximum absolute atomic E-state index is 12.0. The molecule has 4 N–H and O–H groups in total. The highest BCUT2D eigenvalue weighted by molar-refractivity contribution is 5.74. The van der Waals surface area contributed by atoms with E-state index in [1.54, 1.807) is 18.2 Å². The van der Waals surface area contributed by atoms with Crippen molar-refractivity contribution in [1.82, 2.24) is 5.32 Å². The minimum absolute atomic E-state index is 0.178. The summed E-state index contributed by atoms with van der Waals surface area (Å²) in [4.78, 5) is 12.0. The molecule has 1 aliphatic rings. The summed E-state index contributed by atoms with van der Waals surface area (Å²) in [6.07, 6.45) is 5.60. The molecule has 0 aliphatic heterocycles. The second-order valence-electron chi connectivity index (χ2n) is 9.19. The van der Waals surface area contributed by atoms with E-state index in [-0.39, 0.29) is 19.3 Å². The van der Waals surface area contributed by atoms with Crippen molar-refractivity contribution in [1.29, 1.82) is 0 Å². The Kier molecular flexibility index (Phi) is 7.61. The Balaban J connectivity index is 1.59. The monoisotopic (exact) mass is 469 g/mol. The SMILES string of the molecule is O=C(O)C(CC1=CC(O)(Cc2ccccc2)C(O)(Cc2ccccc2)C=C1)NCc1ccccc1. The fraction of sp³-hybridized carbons (Fsp3) is 0.233. The molecule has 0 heterocycles. The van der Waals surface area contributed by atoms with Crippen LogP contribution in [0.2, 0.25) is 0 Å². The Hall–Kier alpha value is -3.51. The van der Waals surface area contributed by atoms with Crippen molar-refractivity contribution in [2.24, 2.45) is 0 Å². The molecule has 1 aliphatic carbocycles. The first-order valence-corrected chi connectivity index (χ1v) is 11.8. The zero-order valence-electron chi connectivity index (χ0n) is 19.5. The van der Waals surface area contributed by atoms with Gasteiger partial charge in [-0.05, 0) is 40.8 Å². The number of hydrogen-bond acceptors (Lipinski definition) is 4. The summed E-state index contributed by atoms with van der Waals surface area (Å²) in [5, 5.41) is 36.5. The van der Waals surface area contributed by atoms with Gasteiger partial charge in [-0.15, -0.1) is 0 Å². The molecule has 5 heteroatoms. The fourth-order valence-corrected chi connectivity index (χ4v) is 4.55. The quantitative estimate of drug-likeness (QED) is 0.360. The average molecular weight is 470 g/mol. The summed E-state index contributed by atoms with van der Waals surface area (Å²) in [6, 6.07) is 27.8. The van der Waals surface area contributed by atoms with Crippen LogP contribution in [0.4, 0.5) is 0 Å². The highest BCUT2D eigenvalue weighted by Gasteiger charge is 2.48. The maximum Gasteiger partial charge on any atom is 0.321 e. The molecule has 0 bridgehead atoms. The van der Waals surface area contributed by atoms with E-state index >= 15 is 0 Å². The molecule has 3 aromatic carbocycles. The number of aliphatic hydroxyl groups is 2. The van der Waals surface area contributed by atoms with E-state index in [2.05, 4.69) is 5.32 Å². The zero-order valence-corrected chi connectivity index (χ0v) is 19.5. The van der Waals surface area contributed by atoms with Crippen LogP contribution in [-0.2, 0) is 24.2 Å². The number of carboxylic acids is 1. The number of nitrogens with one attached hydrogen (secondary N) is 1. The van der Waals surface area contributed by atoms with E-state index in [9.17, 15) is 20.1 Å². The Morgan fingerprint density at radius 3 is 1.74 bits per heavy atom. The lowest BCUT2D eigenvalue weighted by Gasteiger charge is -2.43. The molecule has 0 saturated carbocycles. The van der Waals surface area contributed by atoms with Gasteiger partial charge in [-0.25, -0.2) is 0 Å². The third kappa shape index (κ3) is 6.14. The number of carbonyl (C=O) groups is 1. The average Bonchev–Trinajstić information content (AvgIpc) is 2.86. The number of rotatable bonds is 10. The first-order chi connectivity index (χ1) is 16.9. The zero-order chi connectivity index (χ0) is 24.7. The molecule has 0 amide bonds. The van der Waals surface area contributed by atoms with Crippen molar-refractivity contribution in [3.05, 3.63) is 131 Å². The van der Waals surface area contributed by atoms with Crippen LogP contribution in [0.25, 0.3) is 0 Å². The molecule has 0 spiro atoms. The van der Waals surface area contributed by atoms with Gasteiger partial charge in [0.2, 0.25) is 0 Å². The third-order valence-electron chi connectivity index (χ3n) is 6.51. The Morgan fingerprint density at radius 1 is 0.743 bits per heavy atom. The van der Waals surface area contributed by atoms with E-state index in [0.29, 0.717) is 12.1 Å². The number of allylic oxidation sites excluding steroid dienone is 1. The fourth-order valence-electron chi connectivity index (χ4n) is 4.55. The van der Waals surface area contributed by atoms with Crippen molar-refractivity contribution in [3.8, 4) is 0 Å². The van der Waals surface area contributed by atoms with Crippen LogP contribution in [0.3, 0.4) is 0 Å². The second-order valence-corrected chi connectivity index (χ2v) is 9.19. The van der Waals surface area contributed by atoms with Crippen molar-refractivity contribution in [3.63, 3.8) is 0 Å².